The molecule has 0 aliphatic carbocycles. The Morgan fingerprint density at radius 3 is 0.939 bits per heavy atom. The van der Waals surface area contributed by atoms with E-state index in [1.54, 1.807) is 98.8 Å². The van der Waals surface area contributed by atoms with Crippen LogP contribution in [0.4, 0.5) is 0 Å². The van der Waals surface area contributed by atoms with Crippen LogP contribution < -0.4 is 30.1 Å². The van der Waals surface area contributed by atoms with Crippen molar-refractivity contribution < 1.29 is 105 Å². The number of sulfone groups is 1. The number of carbonyl (C=O) groups is 4. The van der Waals surface area contributed by atoms with Crippen LogP contribution >= 0.6 is 92.8 Å². The third-order valence-corrected chi connectivity index (χ3v) is 33.4. The Morgan fingerprint density at radius 2 is 0.601 bits per heavy atom. The molecule has 0 fully saturated rings. The molecule has 8 aromatic carbocycles. The number of carbonyl (C=O) groups excluding carboxylic acids is 4. The van der Waals surface area contributed by atoms with Crippen molar-refractivity contribution in [2.24, 2.45) is 5.41 Å². The molecule has 0 spiro atoms. The molecule has 3 amide bonds. The third kappa shape index (κ3) is 37.8. The molecule has 0 radical (unpaired) electrons. The summed E-state index contributed by atoms with van der Waals surface area (Å²) in [6.45, 7) is 14.1. The van der Waals surface area contributed by atoms with Gasteiger partial charge >= 0.3 is 0 Å². The van der Waals surface area contributed by atoms with E-state index in [4.69, 9.17) is 145 Å². The first-order valence-corrected chi connectivity index (χ1v) is 57.9. The molecule has 4 aliphatic heterocycles. The molecule has 6 N–H and O–H groups in total. The molecular weight excluding hydrogens is 2160 g/mol. The van der Waals surface area contributed by atoms with Crippen LogP contribution in [0.15, 0.2) is 165 Å². The second-order valence-corrected chi connectivity index (χ2v) is 47.5. The minimum Gasteiger partial charge on any atom is -0.379 e. The highest BCUT2D eigenvalue weighted by Crippen LogP contribution is 2.44. The highest BCUT2D eigenvalue weighted by molar-refractivity contribution is 7.91. The number of ketones is 1. The third-order valence-electron chi connectivity index (χ3n) is 25.0. The van der Waals surface area contributed by atoms with Gasteiger partial charge in [0.2, 0.25) is 47.8 Å². The van der Waals surface area contributed by atoms with Crippen molar-refractivity contribution in [1.82, 2.24) is 49.7 Å². The summed E-state index contributed by atoms with van der Waals surface area (Å²) >= 11 is 51.3. The number of hydrogen-bond acceptors (Lipinski definition) is 27. The summed E-state index contributed by atoms with van der Waals surface area (Å²) in [5.41, 5.74) is 10.5. The molecule has 8 aromatic rings. The Balaban J connectivity index is 0.000000282. The van der Waals surface area contributed by atoms with Gasteiger partial charge in [-0.2, -0.15) is 0 Å². The Bertz CT molecular complexity index is 5830. The number of sulfonamides is 3. The lowest BCUT2D eigenvalue weighted by molar-refractivity contribution is -0.140. The molecule has 0 bridgehead atoms. The van der Waals surface area contributed by atoms with E-state index < -0.39 is 63.0 Å². The Labute approximate surface area is 908 Å². The first kappa shape index (κ1) is 121. The van der Waals surface area contributed by atoms with Crippen molar-refractivity contribution in [3.63, 3.8) is 0 Å². The van der Waals surface area contributed by atoms with E-state index in [-0.39, 0.29) is 226 Å². The molecule has 4 unspecified atom stereocenters. The van der Waals surface area contributed by atoms with Crippen LogP contribution in [0.3, 0.4) is 0 Å². The Hall–Kier alpha value is -6.76. The lowest BCUT2D eigenvalue weighted by Crippen LogP contribution is -2.43. The van der Waals surface area contributed by atoms with Gasteiger partial charge in [0.25, 0.3) is 0 Å². The van der Waals surface area contributed by atoms with Crippen molar-refractivity contribution in [3.05, 3.63) is 253 Å². The van der Waals surface area contributed by atoms with E-state index in [1.165, 1.54) is 0 Å². The molecule has 0 saturated carbocycles. The van der Waals surface area contributed by atoms with Gasteiger partial charge in [0.15, 0.2) is 9.84 Å². The lowest BCUT2D eigenvalue weighted by Gasteiger charge is -2.33. The number of halogens is 8. The summed E-state index contributed by atoms with van der Waals surface area (Å²) in [7, 11) is -6.82. The molecule has 33 nitrogen and oxygen atoms in total. The van der Waals surface area contributed by atoms with E-state index in [1.807, 2.05) is 88.9 Å². The fraction of sp³-hybridized carbons (Fsp3) is 0.495. The van der Waals surface area contributed by atoms with Crippen LogP contribution in [0, 0.1) is 5.41 Å². The van der Waals surface area contributed by atoms with Gasteiger partial charge in [-0.15, -0.1) is 0 Å². The van der Waals surface area contributed by atoms with Crippen LogP contribution in [0.1, 0.15) is 124 Å². The minimum atomic E-state index is -3.79. The topological polar surface area (TPSA) is 392 Å². The zero-order valence-electron chi connectivity index (χ0n) is 83.8. The van der Waals surface area contributed by atoms with Gasteiger partial charge in [0.1, 0.15) is 24.4 Å². The summed E-state index contributed by atoms with van der Waals surface area (Å²) < 4.78 is 173. The summed E-state index contributed by atoms with van der Waals surface area (Å²) in [4.78, 5) is 59.2. The van der Waals surface area contributed by atoms with Gasteiger partial charge in [-0.1, -0.05) is 141 Å². The monoisotopic (exact) mass is 2280 g/mol. The summed E-state index contributed by atoms with van der Waals surface area (Å²) in [5, 5.41) is 12.7. The highest BCUT2D eigenvalue weighted by Gasteiger charge is 2.37. The lowest BCUT2D eigenvalue weighted by atomic mass is 9.84. The molecule has 12 rings (SSSR count). The van der Waals surface area contributed by atoms with Crippen LogP contribution in [-0.4, -0.2) is 322 Å². The SMILES string of the molecule is CN1Cc2c(Cl)cc(Cl)cc2C(c2ccc(S(=O)(=O)CCCOCCOCCNC(=O)C(C)(C)C(=O)CCCOCCOCCNS(=O)(=O)c3ccc(C4CN(C)Cc5c(Cl)cc(Cl)cc54)cc3)cc2)C1.CN1Cc2c(Cl)cc(Cl)cc2C(c2cccc(S(=O)(=O)NCCOCCOCCOCCNC(=O)COCC(=O)NCCOCCOCCOCCNS(=O)(=O)c3cccc(C4CN(C)Cc5c(Cl)cc(Cl)cc54)c3)c2)C1. The molecule has 812 valence electrons. The fourth-order valence-electron chi connectivity index (χ4n) is 17.4. The van der Waals surface area contributed by atoms with Gasteiger partial charge in [0.05, 0.1) is 144 Å². The van der Waals surface area contributed by atoms with Gasteiger partial charge in [0, 0.05) is 175 Å². The number of ether oxygens (including phenoxy) is 11. The number of amides is 3. The Kier molecular flexibility index (Phi) is 49.5. The molecule has 4 heterocycles. The molecule has 0 saturated heterocycles. The quantitative estimate of drug-likeness (QED) is 0.0152. The van der Waals surface area contributed by atoms with Gasteiger partial charge in [-0.3, -0.25) is 19.2 Å². The van der Waals surface area contributed by atoms with E-state index in [9.17, 15) is 52.8 Å². The van der Waals surface area contributed by atoms with E-state index >= 15 is 0 Å². The summed E-state index contributed by atoms with van der Waals surface area (Å²) in [6, 6.07) is 42.3. The number of likely N-dealkylation sites (N-methyl/N-ethyl adjacent to an activating group) is 4. The number of rotatable bonds is 61. The van der Waals surface area contributed by atoms with Crippen molar-refractivity contribution >= 4 is 156 Å². The van der Waals surface area contributed by atoms with Crippen LogP contribution in [0.25, 0.3) is 0 Å². The van der Waals surface area contributed by atoms with Crippen molar-refractivity contribution in [3.8, 4) is 0 Å². The predicted molar refractivity (Wildman–Crippen MR) is 573 cm³/mol. The maximum atomic E-state index is 13.1. The number of Topliss-reactive ketones (excluding diaryl/α,β-unsaturated/α-hetero) is 1. The molecule has 4 atom stereocenters. The standard InChI is InChI=1S/C52H68Cl4N6O13S2.C51H64Cl4N4O10S2/c1-61-31-45(43-27-39(53)29-49(55)47(43)33-61)37-5-3-7-41(25-37)76(65,66)59-11-15-71-19-23-73-21-17-69-13-9-57-51(63)35-75-36-52(64)58-10-14-70-18-22-74-24-20-72-16-12-60-77(67,68)42-8-4-6-38(26-42)46-32-62(2)34-48-44(46)28-40(54)30-50(48)56;1-51(2,49(60)7-5-18-66-22-25-69-21-17-57-71(64,65)40-14-10-36(11-15-40)44-32-59(4)34-46-42(44)28-38(53)30-48(46)55)50(61)56-16-20-68-24-23-67-19-6-26-70(62,63)39-12-8-35(9-13-39)43-31-58(3)33-45-41(43)27-37(52)29-47(45)54/h3-8,25-30,45-46,59-60H,9-24,31-36H2,1-2H3,(H,57,63)(H,58,64);8-15,27-30,43-44,57H,5-7,16-26,31-34H2,1-4H3,(H,56,61). The fourth-order valence-corrected chi connectivity index (χ4v) is 24.1. The summed E-state index contributed by atoms with van der Waals surface area (Å²) in [6.07, 6.45) is 0.889. The number of nitrogens with one attached hydrogen (secondary N) is 6. The zero-order valence-corrected chi connectivity index (χ0v) is 93.1. The number of fused-ring (bicyclic) bond motifs is 4. The van der Waals surface area contributed by atoms with Gasteiger partial charge in [-0.05, 0) is 219 Å². The van der Waals surface area contributed by atoms with Crippen molar-refractivity contribution in [1.29, 1.82) is 0 Å². The van der Waals surface area contributed by atoms with E-state index in [0.29, 0.717) is 112 Å². The number of hydrogen-bond donors (Lipinski definition) is 6. The highest BCUT2D eigenvalue weighted by atomic mass is 35.5. The summed E-state index contributed by atoms with van der Waals surface area (Å²) in [5.74, 6) is -1.67. The predicted octanol–water partition coefficient (Wildman–Crippen LogP) is 13.2. The van der Waals surface area contributed by atoms with Gasteiger partial charge in [-0.25, -0.2) is 47.8 Å². The average molecular weight is 2290 g/mol. The van der Waals surface area contributed by atoms with Crippen molar-refractivity contribution in [2.75, 3.05) is 245 Å². The Morgan fingerprint density at radius 1 is 0.318 bits per heavy atom. The largest absolute Gasteiger partial charge is 0.379 e. The number of benzene rings is 8. The smallest absolute Gasteiger partial charge is 0.246 e. The second kappa shape index (κ2) is 60.4. The maximum Gasteiger partial charge on any atom is 0.246 e. The van der Waals surface area contributed by atoms with Crippen molar-refractivity contribution in [2.45, 2.75) is 103 Å². The molecule has 0 aromatic heterocycles. The molecule has 4 aliphatic rings. The average Bonchev–Trinajstić information content (AvgIpc) is 0.674. The molecule has 45 heteroatoms. The molecular formula is C103H132Cl8N10O23S4. The normalized spacial score (nSPS) is 16.3. The van der Waals surface area contributed by atoms with Crippen LogP contribution in [-0.2, 0) is 137 Å². The first-order valence-electron chi connectivity index (χ1n) is 48.7. The maximum absolute atomic E-state index is 13.1. The zero-order chi connectivity index (χ0) is 107. The van der Waals surface area contributed by atoms with Crippen LogP contribution in [0.5, 0.6) is 0 Å². The van der Waals surface area contributed by atoms with E-state index in [2.05, 4.69) is 49.7 Å². The minimum absolute atomic E-state index is 0.00562. The first-order chi connectivity index (χ1) is 70.8. The van der Waals surface area contributed by atoms with Crippen LogP contribution in [0.2, 0.25) is 40.2 Å². The number of nitrogens with zero attached hydrogens (tertiary/aromatic N) is 4. The van der Waals surface area contributed by atoms with Gasteiger partial charge < -0.3 is 87.7 Å². The van der Waals surface area contributed by atoms with E-state index in [0.717, 1.165) is 79.9 Å². The second-order valence-electron chi connectivity index (χ2n) is 36.7. The molecule has 148 heavy (non-hydrogen) atoms.